The number of hydrogen-bond acceptors (Lipinski definition) is 4. The Bertz CT molecular complexity index is 2500. The van der Waals surface area contributed by atoms with Crippen LogP contribution in [0.2, 0.25) is 0 Å². The molecular weight excluding hydrogens is 593 g/mol. The third kappa shape index (κ3) is 4.84. The Labute approximate surface area is 277 Å². The topological polar surface area (TPSA) is 37.5 Å². The van der Waals surface area contributed by atoms with E-state index in [1.807, 2.05) is 23.5 Å². The molecule has 1 N–H and O–H groups in total. The zero-order valence-corrected chi connectivity index (χ0v) is 26.9. The minimum atomic E-state index is -0.254. The number of aliphatic imine (C=N–C) groups is 1. The first kappa shape index (κ1) is 27.8. The lowest BCUT2D eigenvalue weighted by atomic mass is 9.94. The largest absolute Gasteiger partial charge is 0.456 e. The van der Waals surface area contributed by atoms with Crippen LogP contribution in [0, 0.1) is 0 Å². The number of hydrogen-bond donors (Lipinski definition) is 1. The van der Waals surface area contributed by atoms with E-state index in [1.54, 1.807) is 0 Å². The number of nitrogens with zero attached hydrogens (tertiary/aromatic N) is 1. The Morgan fingerprint density at radius 3 is 2.17 bits per heavy atom. The van der Waals surface area contributed by atoms with Gasteiger partial charge in [-0.1, -0.05) is 115 Å². The maximum absolute atomic E-state index is 6.20. The number of benzene rings is 6. The highest BCUT2D eigenvalue weighted by Crippen LogP contribution is 2.41. The lowest BCUT2D eigenvalue weighted by Gasteiger charge is -2.26. The molecule has 6 aromatic carbocycles. The van der Waals surface area contributed by atoms with Crippen LogP contribution in [-0.2, 0) is 0 Å². The Kier molecular flexibility index (Phi) is 6.76. The number of thiophene rings is 1. The van der Waals surface area contributed by atoms with Crippen molar-refractivity contribution in [3.8, 4) is 11.1 Å². The molecule has 0 aliphatic carbocycles. The predicted octanol–water partition coefficient (Wildman–Crippen LogP) is 11.9. The average Bonchev–Trinajstić information content (AvgIpc) is 3.70. The Balaban J connectivity index is 1.17. The third-order valence-electron chi connectivity index (χ3n) is 9.45. The second-order valence-corrected chi connectivity index (χ2v) is 13.4. The molecule has 0 fully saturated rings. The molecule has 47 heavy (non-hydrogen) atoms. The summed E-state index contributed by atoms with van der Waals surface area (Å²) >= 11 is 1.86. The van der Waals surface area contributed by atoms with E-state index < -0.39 is 0 Å². The molecule has 9 rings (SSSR count). The standard InChI is InChI=1S/C43H32N2OS/c1-27-21-26-35(29-11-3-2-4-12-29)44-43(45-42(27)34-16-10-20-39-41(34)33-14-6-8-19-38(33)47-39)30-24-22-28(23-25-30)31-15-9-18-37-40(31)32-13-5-7-17-36(32)46-37/h2-20,22-25,43,45H,21,26H2,1H3/b42-27-,44-35?. The van der Waals surface area contributed by atoms with Crippen molar-refractivity contribution in [3.63, 3.8) is 0 Å². The fourth-order valence-corrected chi connectivity index (χ4v) is 8.23. The minimum Gasteiger partial charge on any atom is -0.456 e. The highest BCUT2D eigenvalue weighted by atomic mass is 32.1. The van der Waals surface area contributed by atoms with Gasteiger partial charge in [0.2, 0.25) is 0 Å². The van der Waals surface area contributed by atoms with Crippen molar-refractivity contribution in [2.45, 2.75) is 25.9 Å². The van der Waals surface area contributed by atoms with Gasteiger partial charge in [-0.2, -0.15) is 0 Å². The lowest BCUT2D eigenvalue weighted by Crippen LogP contribution is -2.23. The van der Waals surface area contributed by atoms with E-state index in [9.17, 15) is 0 Å². The number of nitrogens with one attached hydrogen (secondary N) is 1. The van der Waals surface area contributed by atoms with Crippen LogP contribution in [0.5, 0.6) is 0 Å². The van der Waals surface area contributed by atoms with Gasteiger partial charge in [0.05, 0.1) is 0 Å². The van der Waals surface area contributed by atoms with Crippen LogP contribution >= 0.6 is 11.3 Å². The predicted molar refractivity (Wildman–Crippen MR) is 199 cm³/mol. The van der Waals surface area contributed by atoms with Gasteiger partial charge in [0.25, 0.3) is 0 Å². The zero-order chi connectivity index (χ0) is 31.3. The molecule has 0 spiro atoms. The third-order valence-corrected chi connectivity index (χ3v) is 10.6. The van der Waals surface area contributed by atoms with E-state index in [1.165, 1.54) is 48.1 Å². The fourth-order valence-electron chi connectivity index (χ4n) is 7.10. The Hall–Kier alpha value is -5.45. The summed E-state index contributed by atoms with van der Waals surface area (Å²) in [5.41, 5.74) is 11.3. The van der Waals surface area contributed by atoms with Crippen LogP contribution in [-0.4, -0.2) is 5.71 Å². The van der Waals surface area contributed by atoms with Gasteiger partial charge in [0.15, 0.2) is 0 Å². The molecule has 8 aromatic rings. The number of rotatable bonds is 4. The average molecular weight is 625 g/mol. The van der Waals surface area contributed by atoms with E-state index in [0.29, 0.717) is 0 Å². The molecule has 3 heterocycles. The summed E-state index contributed by atoms with van der Waals surface area (Å²) < 4.78 is 8.82. The first-order valence-electron chi connectivity index (χ1n) is 16.2. The smallest absolute Gasteiger partial charge is 0.145 e. The van der Waals surface area contributed by atoms with E-state index in [4.69, 9.17) is 9.41 Å². The summed E-state index contributed by atoms with van der Waals surface area (Å²) in [5.74, 6) is 0. The van der Waals surface area contributed by atoms with Gasteiger partial charge in [-0.3, -0.25) is 4.99 Å². The van der Waals surface area contributed by atoms with Gasteiger partial charge in [-0.25, -0.2) is 0 Å². The van der Waals surface area contributed by atoms with Gasteiger partial charge < -0.3 is 9.73 Å². The molecule has 1 aliphatic rings. The zero-order valence-electron chi connectivity index (χ0n) is 26.0. The monoisotopic (exact) mass is 624 g/mol. The first-order chi connectivity index (χ1) is 23.2. The highest BCUT2D eigenvalue weighted by Gasteiger charge is 2.22. The molecule has 1 unspecified atom stereocenters. The summed E-state index contributed by atoms with van der Waals surface area (Å²) in [6.45, 7) is 2.28. The van der Waals surface area contributed by atoms with E-state index in [-0.39, 0.29) is 6.17 Å². The fraction of sp³-hybridized carbons (Fsp3) is 0.0930. The van der Waals surface area contributed by atoms with Crippen LogP contribution in [0.1, 0.15) is 42.6 Å². The van der Waals surface area contributed by atoms with Crippen LogP contribution in [0.25, 0.3) is 58.9 Å². The van der Waals surface area contributed by atoms with Crippen LogP contribution < -0.4 is 5.32 Å². The van der Waals surface area contributed by atoms with Gasteiger partial charge >= 0.3 is 0 Å². The summed E-state index contributed by atoms with van der Waals surface area (Å²) in [6, 6.07) is 49.6. The number of allylic oxidation sites excluding steroid dienone is 1. The minimum absolute atomic E-state index is 0.254. The van der Waals surface area contributed by atoms with Crippen molar-refractivity contribution in [1.29, 1.82) is 0 Å². The van der Waals surface area contributed by atoms with Crippen molar-refractivity contribution in [3.05, 3.63) is 162 Å². The molecule has 0 saturated carbocycles. The van der Waals surface area contributed by atoms with Crippen molar-refractivity contribution in [2.24, 2.45) is 4.99 Å². The van der Waals surface area contributed by atoms with E-state index >= 15 is 0 Å². The highest BCUT2D eigenvalue weighted by molar-refractivity contribution is 7.25. The summed E-state index contributed by atoms with van der Waals surface area (Å²) in [6.07, 6.45) is 1.56. The molecule has 3 nitrogen and oxygen atoms in total. The van der Waals surface area contributed by atoms with Crippen LogP contribution in [0.15, 0.2) is 155 Å². The molecule has 0 radical (unpaired) electrons. The number of fused-ring (bicyclic) bond motifs is 6. The lowest BCUT2D eigenvalue weighted by molar-refractivity contribution is 0.656. The molecule has 2 aromatic heterocycles. The number of para-hydroxylation sites is 1. The normalized spacial score (nSPS) is 17.1. The number of furan rings is 1. The van der Waals surface area contributed by atoms with E-state index in [2.05, 4.69) is 140 Å². The maximum atomic E-state index is 6.20. The molecule has 0 bridgehead atoms. The molecule has 1 aliphatic heterocycles. The maximum Gasteiger partial charge on any atom is 0.145 e. The van der Waals surface area contributed by atoms with Gasteiger partial charge in [-0.05, 0) is 71.9 Å². The van der Waals surface area contributed by atoms with Crippen molar-refractivity contribution in [2.75, 3.05) is 0 Å². The Morgan fingerprint density at radius 1 is 0.596 bits per heavy atom. The summed E-state index contributed by atoms with van der Waals surface area (Å²) in [5, 5.41) is 8.89. The van der Waals surface area contributed by atoms with E-state index in [0.717, 1.165) is 51.6 Å². The molecule has 226 valence electrons. The second-order valence-electron chi connectivity index (χ2n) is 12.3. The van der Waals surface area contributed by atoms with Crippen LogP contribution in [0.4, 0.5) is 0 Å². The van der Waals surface area contributed by atoms with Gasteiger partial charge in [0, 0.05) is 47.9 Å². The summed E-state index contributed by atoms with van der Waals surface area (Å²) in [7, 11) is 0. The van der Waals surface area contributed by atoms with Crippen LogP contribution in [0.3, 0.4) is 0 Å². The molecule has 4 heteroatoms. The molecule has 0 saturated heterocycles. The van der Waals surface area contributed by atoms with Crippen molar-refractivity contribution in [1.82, 2.24) is 5.32 Å². The van der Waals surface area contributed by atoms with Crippen molar-refractivity contribution < 1.29 is 4.42 Å². The quantitative estimate of drug-likeness (QED) is 0.212. The Morgan fingerprint density at radius 2 is 1.30 bits per heavy atom. The van der Waals surface area contributed by atoms with Gasteiger partial charge in [0.1, 0.15) is 17.3 Å². The first-order valence-corrected chi connectivity index (χ1v) is 17.0. The summed E-state index contributed by atoms with van der Waals surface area (Å²) in [4.78, 5) is 5.46. The van der Waals surface area contributed by atoms with Gasteiger partial charge in [-0.15, -0.1) is 11.3 Å². The second kappa shape index (κ2) is 11.4. The molecule has 1 atom stereocenters. The SMILES string of the molecule is C/C1=C(\c2cccc3sc4ccccc4c23)NC(c2ccc(-c3cccc4oc5ccccc5c34)cc2)N=C(c2ccccc2)CC1. The van der Waals surface area contributed by atoms with Crippen molar-refractivity contribution >= 4 is 64.9 Å². The molecule has 0 amide bonds. The molecular formula is C43H32N2OS.